The molecule has 1 heterocycles. The van der Waals surface area contributed by atoms with Crippen molar-refractivity contribution in [1.29, 1.82) is 0 Å². The van der Waals surface area contributed by atoms with E-state index in [2.05, 4.69) is 10.2 Å². The second kappa shape index (κ2) is 7.84. The molecule has 0 aliphatic carbocycles. The zero-order valence-corrected chi connectivity index (χ0v) is 13.2. The van der Waals surface area contributed by atoms with Crippen LogP contribution in [0.25, 0.3) is 0 Å². The van der Waals surface area contributed by atoms with E-state index < -0.39 is 0 Å². The van der Waals surface area contributed by atoms with Crippen LogP contribution in [0.1, 0.15) is 16.8 Å². The number of halogens is 2. The molecular weight excluding hydrogens is 313 g/mol. The number of hydrogen-bond donors (Lipinski definition) is 2. The van der Waals surface area contributed by atoms with Crippen LogP contribution in [0.2, 0.25) is 10.0 Å². The molecule has 0 aromatic heterocycles. The Kier molecular flexibility index (Phi) is 6.11. The number of nitrogens with two attached hydrogens (primary N) is 1. The third-order valence-electron chi connectivity index (χ3n) is 3.34. The number of nitrogen functional groups attached to an aromatic ring is 1. The highest BCUT2D eigenvalue weighted by atomic mass is 35.5. The molecule has 0 unspecified atom stereocenters. The summed E-state index contributed by atoms with van der Waals surface area (Å²) >= 11 is 11.9. The number of amides is 1. The summed E-state index contributed by atoms with van der Waals surface area (Å²) in [6, 6.07) is 3.06. The molecule has 0 saturated carbocycles. The zero-order valence-electron chi connectivity index (χ0n) is 11.7. The van der Waals surface area contributed by atoms with Gasteiger partial charge in [0.25, 0.3) is 5.91 Å². The largest absolute Gasteiger partial charge is 0.399 e. The molecule has 0 bridgehead atoms. The Labute approximate surface area is 134 Å². The second-order valence-corrected chi connectivity index (χ2v) is 5.71. The Bertz CT molecular complexity index is 505. The van der Waals surface area contributed by atoms with Crippen molar-refractivity contribution in [2.24, 2.45) is 0 Å². The molecule has 1 amide bonds. The number of hydrogen-bond acceptors (Lipinski definition) is 4. The fourth-order valence-electron chi connectivity index (χ4n) is 2.20. The lowest BCUT2D eigenvalue weighted by atomic mass is 10.2. The molecule has 3 N–H and O–H groups in total. The number of carbonyl (C=O) groups is 1. The van der Waals surface area contributed by atoms with Gasteiger partial charge in [-0.2, -0.15) is 0 Å². The minimum absolute atomic E-state index is 0.233. The molecule has 1 aliphatic heterocycles. The first-order valence-corrected chi connectivity index (χ1v) is 7.66. The van der Waals surface area contributed by atoms with Crippen molar-refractivity contribution in [3.8, 4) is 0 Å². The van der Waals surface area contributed by atoms with E-state index in [-0.39, 0.29) is 16.0 Å². The fourth-order valence-corrected chi connectivity index (χ4v) is 2.62. The summed E-state index contributed by atoms with van der Waals surface area (Å²) in [7, 11) is 0. The van der Waals surface area contributed by atoms with Gasteiger partial charge in [0.1, 0.15) is 0 Å². The summed E-state index contributed by atoms with van der Waals surface area (Å²) < 4.78 is 5.29. The van der Waals surface area contributed by atoms with Crippen LogP contribution in [-0.2, 0) is 4.74 Å². The Morgan fingerprint density at radius 2 is 2.05 bits per heavy atom. The smallest absolute Gasteiger partial charge is 0.252 e. The molecule has 1 aromatic rings. The van der Waals surface area contributed by atoms with E-state index in [1.54, 1.807) is 0 Å². The lowest BCUT2D eigenvalue weighted by Gasteiger charge is -2.26. The summed E-state index contributed by atoms with van der Waals surface area (Å²) in [5, 5.41) is 3.36. The number of benzene rings is 1. The van der Waals surface area contributed by atoms with Gasteiger partial charge in [0.05, 0.1) is 28.8 Å². The highest BCUT2D eigenvalue weighted by molar-refractivity contribution is 6.44. The van der Waals surface area contributed by atoms with Gasteiger partial charge in [0.15, 0.2) is 0 Å². The third-order valence-corrected chi connectivity index (χ3v) is 4.14. The first-order chi connectivity index (χ1) is 10.1. The summed E-state index contributed by atoms with van der Waals surface area (Å²) in [5.74, 6) is -0.254. The predicted octanol–water partition coefficient (Wildman–Crippen LogP) is 2.03. The number of ether oxygens (including phenoxy) is 1. The first kappa shape index (κ1) is 16.4. The molecule has 21 heavy (non-hydrogen) atoms. The average molecular weight is 332 g/mol. The van der Waals surface area contributed by atoms with Gasteiger partial charge >= 0.3 is 0 Å². The van der Waals surface area contributed by atoms with E-state index in [1.165, 1.54) is 12.1 Å². The summed E-state index contributed by atoms with van der Waals surface area (Å²) in [6.45, 7) is 4.98. The van der Waals surface area contributed by atoms with Crippen molar-refractivity contribution >= 4 is 34.8 Å². The van der Waals surface area contributed by atoms with Gasteiger partial charge in [0.2, 0.25) is 0 Å². The van der Waals surface area contributed by atoms with Gasteiger partial charge in [-0.1, -0.05) is 23.2 Å². The Balaban J connectivity index is 1.79. The quantitative estimate of drug-likeness (QED) is 0.640. The SMILES string of the molecule is Nc1cc(Cl)c(Cl)c(C(=O)NCCCN2CCOCC2)c1. The predicted molar refractivity (Wildman–Crippen MR) is 85.1 cm³/mol. The van der Waals surface area contributed by atoms with Gasteiger partial charge in [-0.3, -0.25) is 9.69 Å². The van der Waals surface area contributed by atoms with Gasteiger partial charge in [-0.25, -0.2) is 0 Å². The van der Waals surface area contributed by atoms with Gasteiger partial charge in [-0.15, -0.1) is 0 Å². The maximum absolute atomic E-state index is 12.1. The van der Waals surface area contributed by atoms with E-state index in [0.717, 1.165) is 39.3 Å². The molecule has 116 valence electrons. The lowest BCUT2D eigenvalue weighted by molar-refractivity contribution is 0.0374. The molecule has 2 rings (SSSR count). The minimum Gasteiger partial charge on any atom is -0.399 e. The van der Waals surface area contributed by atoms with E-state index >= 15 is 0 Å². The van der Waals surface area contributed by atoms with Crippen LogP contribution in [-0.4, -0.2) is 50.2 Å². The minimum atomic E-state index is -0.254. The second-order valence-electron chi connectivity index (χ2n) is 4.93. The maximum atomic E-state index is 12.1. The number of anilines is 1. The van der Waals surface area contributed by atoms with Gasteiger partial charge in [-0.05, 0) is 25.1 Å². The van der Waals surface area contributed by atoms with Crippen LogP contribution in [0.3, 0.4) is 0 Å². The highest BCUT2D eigenvalue weighted by Crippen LogP contribution is 2.28. The lowest BCUT2D eigenvalue weighted by Crippen LogP contribution is -2.38. The molecular formula is C14H19Cl2N3O2. The normalized spacial score (nSPS) is 15.9. The van der Waals surface area contributed by atoms with Crippen molar-refractivity contribution in [2.45, 2.75) is 6.42 Å². The molecule has 0 radical (unpaired) electrons. The highest BCUT2D eigenvalue weighted by Gasteiger charge is 2.14. The molecule has 5 nitrogen and oxygen atoms in total. The van der Waals surface area contributed by atoms with Crippen molar-refractivity contribution in [2.75, 3.05) is 45.1 Å². The molecule has 1 aromatic carbocycles. The van der Waals surface area contributed by atoms with Crippen LogP contribution in [0, 0.1) is 0 Å². The average Bonchev–Trinajstić information content (AvgIpc) is 2.48. The fraction of sp³-hybridized carbons (Fsp3) is 0.500. The number of nitrogens with zero attached hydrogens (tertiary/aromatic N) is 1. The Hall–Kier alpha value is -1.01. The standard InChI is InChI=1S/C14H19Cl2N3O2/c15-12-9-10(17)8-11(13(12)16)14(20)18-2-1-3-19-4-6-21-7-5-19/h8-9H,1-7,17H2,(H,18,20). The molecule has 1 fully saturated rings. The Morgan fingerprint density at radius 1 is 1.33 bits per heavy atom. The van der Waals surface area contributed by atoms with Crippen molar-refractivity contribution in [3.63, 3.8) is 0 Å². The number of nitrogens with one attached hydrogen (secondary N) is 1. The molecule has 0 spiro atoms. The molecule has 7 heteroatoms. The van der Waals surface area contributed by atoms with E-state index in [1.807, 2.05) is 0 Å². The van der Waals surface area contributed by atoms with E-state index in [4.69, 9.17) is 33.7 Å². The van der Waals surface area contributed by atoms with Crippen molar-refractivity contribution < 1.29 is 9.53 Å². The van der Waals surface area contributed by atoms with Crippen molar-refractivity contribution in [3.05, 3.63) is 27.7 Å². The zero-order chi connectivity index (χ0) is 15.2. The van der Waals surface area contributed by atoms with E-state index in [0.29, 0.717) is 17.8 Å². The van der Waals surface area contributed by atoms with Crippen molar-refractivity contribution in [1.82, 2.24) is 10.2 Å². The van der Waals surface area contributed by atoms with Gasteiger partial charge in [0, 0.05) is 25.3 Å². The van der Waals surface area contributed by atoms with Crippen LogP contribution in [0.4, 0.5) is 5.69 Å². The summed E-state index contributed by atoms with van der Waals surface area (Å²) in [6.07, 6.45) is 0.874. The van der Waals surface area contributed by atoms with Gasteiger partial charge < -0.3 is 15.8 Å². The Morgan fingerprint density at radius 3 is 2.76 bits per heavy atom. The van der Waals surface area contributed by atoms with Crippen LogP contribution in [0.15, 0.2) is 12.1 Å². The maximum Gasteiger partial charge on any atom is 0.252 e. The number of rotatable bonds is 5. The van der Waals surface area contributed by atoms with Crippen LogP contribution >= 0.6 is 23.2 Å². The topological polar surface area (TPSA) is 67.6 Å². The van der Waals surface area contributed by atoms with Crippen LogP contribution < -0.4 is 11.1 Å². The number of carbonyl (C=O) groups excluding carboxylic acids is 1. The molecule has 1 saturated heterocycles. The monoisotopic (exact) mass is 331 g/mol. The first-order valence-electron chi connectivity index (χ1n) is 6.91. The van der Waals surface area contributed by atoms with E-state index in [9.17, 15) is 4.79 Å². The summed E-state index contributed by atoms with van der Waals surface area (Å²) in [5.41, 5.74) is 6.41. The number of morpholine rings is 1. The third kappa shape index (κ3) is 4.74. The molecule has 1 aliphatic rings. The summed E-state index contributed by atoms with van der Waals surface area (Å²) in [4.78, 5) is 14.4. The molecule has 0 atom stereocenters. The van der Waals surface area contributed by atoms with Crippen LogP contribution in [0.5, 0.6) is 0 Å².